The molecule has 0 aromatic heterocycles. The second kappa shape index (κ2) is 10.1. The smallest absolute Gasteiger partial charge is 0.344 e. The Bertz CT molecular complexity index is 785. The summed E-state index contributed by atoms with van der Waals surface area (Å²) in [6, 6.07) is 14.3. The Hall–Kier alpha value is -3.15. The first-order valence-corrected chi connectivity index (χ1v) is 8.72. The highest BCUT2D eigenvalue weighted by Crippen LogP contribution is 2.17. The van der Waals surface area contributed by atoms with Crippen LogP contribution < -0.4 is 10.1 Å². The van der Waals surface area contributed by atoms with Crippen molar-refractivity contribution < 1.29 is 23.9 Å². The number of nitrogens with one attached hydrogen (secondary N) is 1. The highest BCUT2D eigenvalue weighted by molar-refractivity contribution is 5.82. The Morgan fingerprint density at radius 2 is 1.78 bits per heavy atom. The number of amides is 1. The highest BCUT2D eigenvalue weighted by Gasteiger charge is 2.15. The summed E-state index contributed by atoms with van der Waals surface area (Å²) >= 11 is 0. The number of hydrogen-bond acceptors (Lipinski definition) is 5. The molecule has 0 aliphatic carbocycles. The average molecular weight is 369 g/mol. The first-order chi connectivity index (χ1) is 13.0. The number of carbonyl (C=O) groups excluding carboxylic acids is 3. The van der Waals surface area contributed by atoms with Gasteiger partial charge in [0, 0.05) is 0 Å². The lowest BCUT2D eigenvalue weighted by Gasteiger charge is -2.17. The first-order valence-electron chi connectivity index (χ1n) is 8.72. The van der Waals surface area contributed by atoms with Crippen LogP contribution in [-0.2, 0) is 14.3 Å². The first kappa shape index (κ1) is 20.2. The van der Waals surface area contributed by atoms with E-state index in [2.05, 4.69) is 5.32 Å². The van der Waals surface area contributed by atoms with Crippen molar-refractivity contribution in [3.63, 3.8) is 0 Å². The van der Waals surface area contributed by atoms with E-state index < -0.39 is 5.97 Å². The molecule has 0 saturated heterocycles. The van der Waals surface area contributed by atoms with E-state index in [1.54, 1.807) is 24.3 Å². The molecule has 0 radical (unpaired) electrons. The maximum Gasteiger partial charge on any atom is 0.344 e. The average Bonchev–Trinajstić information content (AvgIpc) is 2.69. The molecule has 1 amide bonds. The van der Waals surface area contributed by atoms with E-state index >= 15 is 0 Å². The molecule has 27 heavy (non-hydrogen) atoms. The zero-order valence-corrected chi connectivity index (χ0v) is 15.4. The van der Waals surface area contributed by atoms with E-state index in [1.165, 1.54) is 0 Å². The second-order valence-electron chi connectivity index (χ2n) is 6.04. The van der Waals surface area contributed by atoms with Gasteiger partial charge in [-0.25, -0.2) is 4.79 Å². The third-order valence-corrected chi connectivity index (χ3v) is 3.98. The molecule has 0 aliphatic heterocycles. The molecule has 2 rings (SSSR count). The summed E-state index contributed by atoms with van der Waals surface area (Å²) in [4.78, 5) is 34.7. The lowest BCUT2D eigenvalue weighted by molar-refractivity contribution is -0.150. The number of para-hydroxylation sites is 1. The summed E-state index contributed by atoms with van der Waals surface area (Å²) in [5, 5.41) is 2.85. The molecular formula is C21H23NO5. The summed E-state index contributed by atoms with van der Waals surface area (Å²) in [5.41, 5.74) is 2.48. The van der Waals surface area contributed by atoms with Gasteiger partial charge in [0.1, 0.15) is 5.75 Å². The Balaban J connectivity index is 1.79. The van der Waals surface area contributed by atoms with Crippen LogP contribution in [0.4, 0.5) is 0 Å². The lowest BCUT2D eigenvalue weighted by Crippen LogP contribution is -2.33. The van der Waals surface area contributed by atoms with E-state index in [-0.39, 0.29) is 25.2 Å². The van der Waals surface area contributed by atoms with E-state index in [9.17, 15) is 14.4 Å². The SMILES string of the molecule is CC[C@H](NC(=O)COC(=O)COc1ccccc1C=O)c1ccc(C)cc1. The van der Waals surface area contributed by atoms with Crippen LogP contribution in [0.3, 0.4) is 0 Å². The molecule has 2 aromatic rings. The Kier molecular flexibility index (Phi) is 7.55. The number of rotatable bonds is 9. The lowest BCUT2D eigenvalue weighted by atomic mass is 10.0. The fourth-order valence-electron chi connectivity index (χ4n) is 2.49. The normalized spacial score (nSPS) is 11.3. The minimum absolute atomic E-state index is 0.146. The van der Waals surface area contributed by atoms with E-state index in [4.69, 9.17) is 9.47 Å². The largest absolute Gasteiger partial charge is 0.481 e. The number of aldehydes is 1. The fraction of sp³-hybridized carbons (Fsp3) is 0.286. The van der Waals surface area contributed by atoms with Crippen LogP contribution in [-0.4, -0.2) is 31.4 Å². The predicted molar refractivity (Wildman–Crippen MR) is 101 cm³/mol. The topological polar surface area (TPSA) is 81.7 Å². The third kappa shape index (κ3) is 6.26. The molecule has 0 unspecified atom stereocenters. The minimum Gasteiger partial charge on any atom is -0.481 e. The van der Waals surface area contributed by atoms with Gasteiger partial charge in [-0.3, -0.25) is 9.59 Å². The van der Waals surface area contributed by atoms with Crippen LogP contribution in [0.15, 0.2) is 48.5 Å². The number of aryl methyl sites for hydroxylation is 1. The van der Waals surface area contributed by atoms with Crippen molar-refractivity contribution in [2.45, 2.75) is 26.3 Å². The Labute approximate surface area is 158 Å². The van der Waals surface area contributed by atoms with Gasteiger partial charge in [-0.1, -0.05) is 48.9 Å². The molecule has 6 heteroatoms. The van der Waals surface area contributed by atoms with E-state index in [0.29, 0.717) is 24.0 Å². The molecule has 0 saturated carbocycles. The van der Waals surface area contributed by atoms with Gasteiger partial charge >= 0.3 is 5.97 Å². The summed E-state index contributed by atoms with van der Waals surface area (Å²) in [5.74, 6) is -0.780. The summed E-state index contributed by atoms with van der Waals surface area (Å²) in [7, 11) is 0. The van der Waals surface area contributed by atoms with Gasteiger partial charge in [-0.05, 0) is 31.0 Å². The van der Waals surface area contributed by atoms with Crippen molar-refractivity contribution in [1.82, 2.24) is 5.32 Å². The van der Waals surface area contributed by atoms with Crippen molar-refractivity contribution in [3.05, 3.63) is 65.2 Å². The number of esters is 1. The van der Waals surface area contributed by atoms with Crippen molar-refractivity contribution in [2.75, 3.05) is 13.2 Å². The second-order valence-corrected chi connectivity index (χ2v) is 6.04. The number of ether oxygens (including phenoxy) is 2. The molecule has 0 fully saturated rings. The van der Waals surface area contributed by atoms with Crippen molar-refractivity contribution in [1.29, 1.82) is 0 Å². The molecule has 0 spiro atoms. The van der Waals surface area contributed by atoms with Gasteiger partial charge in [0.2, 0.25) is 0 Å². The van der Waals surface area contributed by atoms with Crippen molar-refractivity contribution in [3.8, 4) is 5.75 Å². The summed E-state index contributed by atoms with van der Waals surface area (Å²) in [6.07, 6.45) is 1.36. The van der Waals surface area contributed by atoms with Gasteiger partial charge in [-0.15, -0.1) is 0 Å². The van der Waals surface area contributed by atoms with E-state index in [0.717, 1.165) is 11.1 Å². The van der Waals surface area contributed by atoms with Crippen LogP contribution in [0.5, 0.6) is 5.75 Å². The molecule has 0 heterocycles. The molecule has 0 aliphatic rings. The zero-order chi connectivity index (χ0) is 19.6. The molecular weight excluding hydrogens is 346 g/mol. The van der Waals surface area contributed by atoms with Gasteiger partial charge in [0.05, 0.1) is 11.6 Å². The van der Waals surface area contributed by atoms with Crippen LogP contribution in [0.2, 0.25) is 0 Å². The molecule has 2 aromatic carbocycles. The molecule has 1 N–H and O–H groups in total. The fourth-order valence-corrected chi connectivity index (χ4v) is 2.49. The number of hydrogen-bond donors (Lipinski definition) is 1. The van der Waals surface area contributed by atoms with Crippen LogP contribution in [0.1, 0.15) is 40.9 Å². The van der Waals surface area contributed by atoms with Gasteiger partial charge in [0.25, 0.3) is 5.91 Å². The summed E-state index contributed by atoms with van der Waals surface area (Å²) < 4.78 is 10.2. The zero-order valence-electron chi connectivity index (χ0n) is 15.4. The quantitative estimate of drug-likeness (QED) is 0.543. The van der Waals surface area contributed by atoms with Crippen LogP contribution in [0.25, 0.3) is 0 Å². The molecule has 142 valence electrons. The van der Waals surface area contributed by atoms with Crippen LogP contribution in [0, 0.1) is 6.92 Å². The van der Waals surface area contributed by atoms with Crippen molar-refractivity contribution >= 4 is 18.2 Å². The van der Waals surface area contributed by atoms with Crippen molar-refractivity contribution in [2.24, 2.45) is 0 Å². The van der Waals surface area contributed by atoms with Crippen LogP contribution >= 0.6 is 0 Å². The molecule has 0 bridgehead atoms. The third-order valence-electron chi connectivity index (χ3n) is 3.98. The van der Waals surface area contributed by atoms with Gasteiger partial charge in [0.15, 0.2) is 19.5 Å². The Morgan fingerprint density at radius 3 is 2.44 bits per heavy atom. The van der Waals surface area contributed by atoms with E-state index in [1.807, 2.05) is 38.1 Å². The summed E-state index contributed by atoms with van der Waals surface area (Å²) in [6.45, 7) is 3.20. The predicted octanol–water partition coefficient (Wildman–Crippen LogP) is 3.00. The molecule has 6 nitrogen and oxygen atoms in total. The maximum atomic E-state index is 12.1. The standard InChI is InChI=1S/C21H23NO5/c1-3-18(16-10-8-15(2)9-11-16)22-20(24)13-27-21(25)14-26-19-7-5-4-6-17(19)12-23/h4-12,18H,3,13-14H2,1-2H3,(H,22,24)/t18-/m0/s1. The number of benzene rings is 2. The maximum absolute atomic E-state index is 12.1. The van der Waals surface area contributed by atoms with Gasteiger partial charge in [-0.2, -0.15) is 0 Å². The highest BCUT2D eigenvalue weighted by atomic mass is 16.6. The number of carbonyl (C=O) groups is 3. The minimum atomic E-state index is -0.686. The Morgan fingerprint density at radius 1 is 1.07 bits per heavy atom. The molecule has 1 atom stereocenters. The van der Waals surface area contributed by atoms with Gasteiger partial charge < -0.3 is 14.8 Å². The monoisotopic (exact) mass is 369 g/mol.